The third-order valence-corrected chi connectivity index (χ3v) is 4.37. The number of phosphoric acid groups is 1. The van der Waals surface area contributed by atoms with Crippen LogP contribution in [-0.2, 0) is 21.1 Å². The van der Waals surface area contributed by atoms with E-state index in [1.807, 2.05) is 44.2 Å². The average Bonchev–Trinajstić information content (AvgIpc) is 2.52. The van der Waals surface area contributed by atoms with Gasteiger partial charge in [0.1, 0.15) is 5.60 Å². The summed E-state index contributed by atoms with van der Waals surface area (Å²) in [6, 6.07) is 16.5. The van der Waals surface area contributed by atoms with Crippen molar-refractivity contribution >= 4 is 7.82 Å². The number of hydrogen-bond donors (Lipinski definition) is 0. The predicted octanol–water partition coefficient (Wildman–Crippen LogP) is 2.75. The molecule has 0 aliphatic carbocycles. The maximum atomic E-state index is 11.4. The van der Waals surface area contributed by atoms with Crippen molar-refractivity contribution in [2.24, 2.45) is 0 Å². The minimum absolute atomic E-state index is 0.336. The molecule has 0 heterocycles. The molecule has 0 aromatic heterocycles. The molecule has 1 atom stereocenters. The van der Waals surface area contributed by atoms with E-state index in [4.69, 9.17) is 4.52 Å². The topological polar surface area (TPSA) is 72.4 Å². The van der Waals surface area contributed by atoms with Gasteiger partial charge in [0.2, 0.25) is 0 Å². The molecule has 2 aromatic carbocycles. The number of hydrogen-bond acceptors (Lipinski definition) is 4. The fourth-order valence-electron chi connectivity index (χ4n) is 2.84. The van der Waals surface area contributed by atoms with E-state index in [1.165, 1.54) is 0 Å². The van der Waals surface area contributed by atoms with Crippen LogP contribution in [0.25, 0.3) is 0 Å². The number of benzene rings is 2. The monoisotopic (exact) mass is 318 g/mol. The third kappa shape index (κ3) is 3.47. The fourth-order valence-corrected chi connectivity index (χ4v) is 3.55. The zero-order chi connectivity index (χ0) is 16.2. The smallest absolute Gasteiger partial charge is 0.123 e. The first-order valence-electron chi connectivity index (χ1n) is 7.29. The standard InChI is InChI=1S/C17H21O4P/c1-3-14-10-8-9-13-16(14)17(4-2,21-22(18,19)20)15-11-6-5-7-12-15/h5-13H,3-4H2,1-2H3,(H2,18,19,20)/p-2. The molecule has 0 fully saturated rings. The van der Waals surface area contributed by atoms with Crippen LogP contribution in [0.15, 0.2) is 54.6 Å². The lowest BCUT2D eigenvalue weighted by Crippen LogP contribution is -2.35. The summed E-state index contributed by atoms with van der Waals surface area (Å²) in [5.74, 6) is 0. The van der Waals surface area contributed by atoms with Crippen molar-refractivity contribution in [3.05, 3.63) is 71.3 Å². The van der Waals surface area contributed by atoms with Crippen molar-refractivity contribution in [1.82, 2.24) is 0 Å². The maximum Gasteiger partial charge on any atom is 0.123 e. The van der Waals surface area contributed by atoms with Crippen molar-refractivity contribution in [2.45, 2.75) is 32.3 Å². The Labute approximate surface area is 131 Å². The van der Waals surface area contributed by atoms with Crippen LogP contribution in [0.5, 0.6) is 0 Å². The second kappa shape index (κ2) is 6.76. The summed E-state index contributed by atoms with van der Waals surface area (Å²) in [5.41, 5.74) is 1.05. The van der Waals surface area contributed by atoms with Crippen LogP contribution in [0, 0.1) is 0 Å². The van der Waals surface area contributed by atoms with Crippen LogP contribution in [0.2, 0.25) is 0 Å². The normalized spacial score (nSPS) is 14.5. The van der Waals surface area contributed by atoms with Crippen LogP contribution in [-0.4, -0.2) is 0 Å². The Balaban J connectivity index is 2.71. The van der Waals surface area contributed by atoms with Gasteiger partial charge in [0.25, 0.3) is 0 Å². The van der Waals surface area contributed by atoms with E-state index in [0.717, 1.165) is 17.5 Å². The van der Waals surface area contributed by atoms with E-state index >= 15 is 0 Å². The Bertz CT molecular complexity index is 665. The lowest BCUT2D eigenvalue weighted by molar-refractivity contribution is -0.349. The van der Waals surface area contributed by atoms with Gasteiger partial charge in [-0.05, 0) is 29.5 Å². The Hall–Kier alpha value is -1.45. The first kappa shape index (κ1) is 16.9. The van der Waals surface area contributed by atoms with Gasteiger partial charge in [-0.15, -0.1) is 0 Å². The SMILES string of the molecule is CCc1ccccc1C(CC)(OP(=O)([O-])[O-])c1ccccc1. The summed E-state index contributed by atoms with van der Waals surface area (Å²) in [7, 11) is -5.17. The van der Waals surface area contributed by atoms with Crippen molar-refractivity contribution in [2.75, 3.05) is 0 Å². The lowest BCUT2D eigenvalue weighted by Gasteiger charge is -2.43. The second-order valence-corrected chi connectivity index (χ2v) is 6.17. The zero-order valence-corrected chi connectivity index (χ0v) is 13.6. The summed E-state index contributed by atoms with van der Waals surface area (Å²) in [6.07, 6.45) is 1.05. The largest absolute Gasteiger partial charge is 0.790 e. The molecule has 5 heteroatoms. The van der Waals surface area contributed by atoms with E-state index in [0.29, 0.717) is 12.0 Å². The Morgan fingerprint density at radius 1 is 1.00 bits per heavy atom. The highest BCUT2D eigenvalue weighted by atomic mass is 31.2. The van der Waals surface area contributed by atoms with Gasteiger partial charge < -0.3 is 18.9 Å². The van der Waals surface area contributed by atoms with Gasteiger partial charge in [-0.25, -0.2) is 0 Å². The van der Waals surface area contributed by atoms with Gasteiger partial charge in [-0.3, -0.25) is 0 Å². The molecule has 118 valence electrons. The summed E-state index contributed by atoms with van der Waals surface area (Å²) in [5, 5.41) is 0. The Morgan fingerprint density at radius 2 is 1.59 bits per heavy atom. The van der Waals surface area contributed by atoms with Gasteiger partial charge in [0.05, 0.1) is 7.82 Å². The third-order valence-electron chi connectivity index (χ3n) is 3.84. The van der Waals surface area contributed by atoms with Gasteiger partial charge in [0.15, 0.2) is 0 Å². The zero-order valence-electron chi connectivity index (χ0n) is 12.7. The number of aryl methyl sites for hydroxylation is 1. The first-order valence-corrected chi connectivity index (χ1v) is 8.75. The minimum Gasteiger partial charge on any atom is -0.790 e. The first-order chi connectivity index (χ1) is 10.4. The molecule has 0 saturated carbocycles. The predicted molar refractivity (Wildman–Crippen MR) is 82.0 cm³/mol. The van der Waals surface area contributed by atoms with Crippen molar-refractivity contribution in [1.29, 1.82) is 0 Å². The molecular formula is C17H19O4P-2. The van der Waals surface area contributed by atoms with Gasteiger partial charge in [0, 0.05) is 0 Å². The van der Waals surface area contributed by atoms with Crippen LogP contribution >= 0.6 is 7.82 Å². The van der Waals surface area contributed by atoms with Crippen molar-refractivity contribution in [3.8, 4) is 0 Å². The van der Waals surface area contributed by atoms with E-state index in [9.17, 15) is 14.4 Å². The Kier molecular flexibility index (Phi) is 5.20. The molecule has 0 amide bonds. The van der Waals surface area contributed by atoms with Gasteiger partial charge in [-0.2, -0.15) is 0 Å². The summed E-state index contributed by atoms with van der Waals surface area (Å²) in [4.78, 5) is 22.8. The molecule has 0 N–H and O–H groups in total. The van der Waals surface area contributed by atoms with Crippen LogP contribution in [0.3, 0.4) is 0 Å². The van der Waals surface area contributed by atoms with E-state index in [2.05, 4.69) is 0 Å². The molecule has 0 bridgehead atoms. The highest BCUT2D eigenvalue weighted by molar-refractivity contribution is 7.43. The molecule has 0 aliphatic heterocycles. The van der Waals surface area contributed by atoms with Crippen LogP contribution in [0.1, 0.15) is 37.0 Å². The second-order valence-electron chi connectivity index (χ2n) is 5.10. The molecule has 0 spiro atoms. The highest BCUT2D eigenvalue weighted by Crippen LogP contribution is 2.47. The molecule has 4 nitrogen and oxygen atoms in total. The molecule has 0 aliphatic rings. The number of rotatable bonds is 6. The maximum absolute atomic E-state index is 11.4. The molecule has 1 unspecified atom stereocenters. The summed E-state index contributed by atoms with van der Waals surface area (Å²) >= 11 is 0. The molecule has 0 radical (unpaired) electrons. The number of phosphoric ester groups is 1. The fraction of sp³-hybridized carbons (Fsp3) is 0.294. The van der Waals surface area contributed by atoms with E-state index in [-0.39, 0.29) is 0 Å². The average molecular weight is 318 g/mol. The minimum atomic E-state index is -5.17. The highest BCUT2D eigenvalue weighted by Gasteiger charge is 2.36. The Morgan fingerprint density at radius 3 is 2.14 bits per heavy atom. The van der Waals surface area contributed by atoms with Crippen molar-refractivity contribution < 1.29 is 18.9 Å². The quantitative estimate of drug-likeness (QED) is 0.768. The van der Waals surface area contributed by atoms with Crippen molar-refractivity contribution in [3.63, 3.8) is 0 Å². The van der Waals surface area contributed by atoms with Crippen LogP contribution < -0.4 is 9.79 Å². The summed E-state index contributed by atoms with van der Waals surface area (Å²) in [6.45, 7) is 3.80. The molecule has 2 aromatic rings. The molecule has 22 heavy (non-hydrogen) atoms. The van der Waals surface area contributed by atoms with E-state index in [1.54, 1.807) is 24.3 Å². The molecule has 0 saturated heterocycles. The van der Waals surface area contributed by atoms with Crippen LogP contribution in [0.4, 0.5) is 0 Å². The van der Waals surface area contributed by atoms with Gasteiger partial charge in [-0.1, -0.05) is 68.4 Å². The molecule has 2 rings (SSSR count). The molecular weight excluding hydrogens is 299 g/mol. The van der Waals surface area contributed by atoms with Gasteiger partial charge >= 0.3 is 0 Å². The van der Waals surface area contributed by atoms with E-state index < -0.39 is 13.4 Å². The summed E-state index contributed by atoms with van der Waals surface area (Å²) < 4.78 is 16.5. The lowest BCUT2D eigenvalue weighted by atomic mass is 9.81.